The first-order valence-corrected chi connectivity index (χ1v) is 8.57. The summed E-state index contributed by atoms with van der Waals surface area (Å²) < 4.78 is 0.716. The number of nitriles is 1. The minimum atomic E-state index is -0.386. The van der Waals surface area contributed by atoms with Crippen molar-refractivity contribution in [1.82, 2.24) is 0 Å². The van der Waals surface area contributed by atoms with Crippen molar-refractivity contribution in [1.29, 1.82) is 5.26 Å². The molecule has 4 nitrogen and oxygen atoms in total. The van der Waals surface area contributed by atoms with E-state index in [1.165, 1.54) is 32.1 Å². The summed E-state index contributed by atoms with van der Waals surface area (Å²) in [5.41, 5.74) is 6.99. The second-order valence-electron chi connectivity index (χ2n) is 6.09. The van der Waals surface area contributed by atoms with Gasteiger partial charge in [0.1, 0.15) is 12.1 Å². The van der Waals surface area contributed by atoms with Gasteiger partial charge in [0, 0.05) is 10.2 Å². The van der Waals surface area contributed by atoms with Crippen LogP contribution in [0.5, 0.6) is 0 Å². The smallest absolute Gasteiger partial charge is 0.240 e. The summed E-state index contributed by atoms with van der Waals surface area (Å²) in [7, 11) is 0. The molecule has 1 aromatic carbocycles. The molecule has 2 atom stereocenters. The van der Waals surface area contributed by atoms with Crippen LogP contribution in [0.1, 0.15) is 44.6 Å². The molecular formula is C17H22BrN3O. The summed E-state index contributed by atoms with van der Waals surface area (Å²) in [6.07, 6.45) is 6.11. The number of carbonyl (C=O) groups is 1. The Bertz CT molecular complexity index is 576. The third kappa shape index (κ3) is 4.01. The van der Waals surface area contributed by atoms with Gasteiger partial charge in [-0.3, -0.25) is 4.79 Å². The molecule has 3 N–H and O–H groups in total. The fourth-order valence-corrected chi connectivity index (χ4v) is 3.74. The Balaban J connectivity index is 2.13. The maximum absolute atomic E-state index is 11.9. The SMILES string of the molecule is CC(C1CCCCC1)C(Nc1ccc(C#N)c(Br)c1)C(N)=O. The molecule has 118 valence electrons. The van der Waals surface area contributed by atoms with E-state index in [-0.39, 0.29) is 17.9 Å². The first kappa shape index (κ1) is 16.8. The van der Waals surface area contributed by atoms with Gasteiger partial charge < -0.3 is 11.1 Å². The maximum atomic E-state index is 11.9. The molecule has 0 spiro atoms. The Kier molecular flexibility index (Phi) is 5.84. The highest BCUT2D eigenvalue weighted by molar-refractivity contribution is 9.10. The van der Waals surface area contributed by atoms with Crippen molar-refractivity contribution in [3.05, 3.63) is 28.2 Å². The van der Waals surface area contributed by atoms with Crippen molar-refractivity contribution >= 4 is 27.5 Å². The number of hydrogen-bond donors (Lipinski definition) is 2. The van der Waals surface area contributed by atoms with Crippen molar-refractivity contribution in [2.24, 2.45) is 17.6 Å². The zero-order chi connectivity index (χ0) is 16.1. The Morgan fingerprint density at radius 2 is 2.09 bits per heavy atom. The quantitative estimate of drug-likeness (QED) is 0.834. The molecule has 1 aliphatic carbocycles. The third-order valence-corrected chi connectivity index (χ3v) is 5.29. The van der Waals surface area contributed by atoms with Crippen molar-refractivity contribution < 1.29 is 4.79 Å². The van der Waals surface area contributed by atoms with Crippen molar-refractivity contribution in [2.75, 3.05) is 5.32 Å². The van der Waals surface area contributed by atoms with Crippen molar-refractivity contribution in [2.45, 2.75) is 45.1 Å². The van der Waals surface area contributed by atoms with E-state index in [2.05, 4.69) is 34.2 Å². The van der Waals surface area contributed by atoms with Gasteiger partial charge >= 0.3 is 0 Å². The van der Waals surface area contributed by atoms with Gasteiger partial charge in [0.25, 0.3) is 0 Å². The minimum absolute atomic E-state index is 0.201. The molecule has 0 radical (unpaired) electrons. The number of primary amides is 1. The lowest BCUT2D eigenvalue weighted by Crippen LogP contribution is -2.43. The number of anilines is 1. The molecule has 1 aromatic rings. The van der Waals surface area contributed by atoms with Gasteiger partial charge in [-0.2, -0.15) is 5.26 Å². The molecule has 0 aromatic heterocycles. The number of halogens is 1. The molecule has 0 saturated heterocycles. The predicted molar refractivity (Wildman–Crippen MR) is 91.2 cm³/mol. The molecule has 1 fully saturated rings. The first-order chi connectivity index (χ1) is 10.5. The van der Waals surface area contributed by atoms with E-state index in [1.54, 1.807) is 6.07 Å². The Labute approximate surface area is 140 Å². The largest absolute Gasteiger partial charge is 0.373 e. The van der Waals surface area contributed by atoms with E-state index in [9.17, 15) is 4.79 Å². The van der Waals surface area contributed by atoms with Gasteiger partial charge in [-0.25, -0.2) is 0 Å². The van der Waals surface area contributed by atoms with Crippen LogP contribution >= 0.6 is 15.9 Å². The molecule has 0 heterocycles. The second-order valence-corrected chi connectivity index (χ2v) is 6.94. The molecule has 1 aliphatic rings. The predicted octanol–water partition coefficient (Wildman–Crippen LogP) is 3.80. The van der Waals surface area contributed by atoms with Gasteiger partial charge in [-0.05, 0) is 46.0 Å². The highest BCUT2D eigenvalue weighted by Gasteiger charge is 2.30. The number of nitrogens with two attached hydrogens (primary N) is 1. The maximum Gasteiger partial charge on any atom is 0.240 e. The van der Waals surface area contributed by atoms with Crippen LogP contribution in [-0.2, 0) is 4.79 Å². The topological polar surface area (TPSA) is 78.9 Å². The second kappa shape index (κ2) is 7.64. The number of benzene rings is 1. The monoisotopic (exact) mass is 363 g/mol. The normalized spacial score (nSPS) is 18.2. The number of carbonyl (C=O) groups excluding carboxylic acids is 1. The summed E-state index contributed by atoms with van der Waals surface area (Å²) in [6, 6.07) is 7.09. The summed E-state index contributed by atoms with van der Waals surface area (Å²) >= 11 is 3.37. The van der Waals surface area contributed by atoms with E-state index in [0.29, 0.717) is 16.0 Å². The molecule has 0 aliphatic heterocycles. The number of nitrogens with one attached hydrogen (secondary N) is 1. The van der Waals surface area contributed by atoms with Crippen LogP contribution in [0.3, 0.4) is 0 Å². The summed E-state index contributed by atoms with van der Waals surface area (Å²) in [6.45, 7) is 2.11. The van der Waals surface area contributed by atoms with E-state index < -0.39 is 0 Å². The third-order valence-electron chi connectivity index (χ3n) is 4.64. The van der Waals surface area contributed by atoms with Gasteiger partial charge in [-0.15, -0.1) is 0 Å². The molecule has 5 heteroatoms. The molecule has 2 rings (SSSR count). The lowest BCUT2D eigenvalue weighted by Gasteiger charge is -2.33. The van der Waals surface area contributed by atoms with Crippen LogP contribution in [0.25, 0.3) is 0 Å². The van der Waals surface area contributed by atoms with Crippen LogP contribution < -0.4 is 11.1 Å². The number of amides is 1. The zero-order valence-electron chi connectivity index (χ0n) is 12.8. The number of rotatable bonds is 5. The van der Waals surface area contributed by atoms with Crippen LogP contribution in [-0.4, -0.2) is 11.9 Å². The van der Waals surface area contributed by atoms with E-state index >= 15 is 0 Å². The zero-order valence-corrected chi connectivity index (χ0v) is 14.4. The van der Waals surface area contributed by atoms with Crippen molar-refractivity contribution in [3.8, 4) is 6.07 Å². The van der Waals surface area contributed by atoms with Crippen LogP contribution in [0.15, 0.2) is 22.7 Å². The standard InChI is InChI=1S/C17H22BrN3O/c1-11(12-5-3-2-4-6-12)16(17(20)22)21-14-8-7-13(10-19)15(18)9-14/h7-9,11-12,16,21H,2-6H2,1H3,(H2,20,22). The highest BCUT2D eigenvalue weighted by atomic mass is 79.9. The number of hydrogen-bond acceptors (Lipinski definition) is 3. The number of nitrogens with zero attached hydrogens (tertiary/aromatic N) is 1. The minimum Gasteiger partial charge on any atom is -0.373 e. The van der Waals surface area contributed by atoms with Gasteiger partial charge in [-0.1, -0.05) is 39.0 Å². The molecular weight excluding hydrogens is 342 g/mol. The molecule has 2 unspecified atom stereocenters. The molecule has 1 amide bonds. The van der Waals surface area contributed by atoms with E-state index in [1.807, 2.05) is 12.1 Å². The Morgan fingerprint density at radius 3 is 2.64 bits per heavy atom. The van der Waals surface area contributed by atoms with Crippen molar-refractivity contribution in [3.63, 3.8) is 0 Å². The lowest BCUT2D eigenvalue weighted by molar-refractivity contribution is -0.120. The first-order valence-electron chi connectivity index (χ1n) is 7.78. The summed E-state index contributed by atoms with van der Waals surface area (Å²) in [5, 5.41) is 12.2. The fraction of sp³-hybridized carbons (Fsp3) is 0.529. The van der Waals surface area contributed by atoms with Crippen LogP contribution in [0.2, 0.25) is 0 Å². The average molecular weight is 364 g/mol. The van der Waals surface area contributed by atoms with Gasteiger partial charge in [0.2, 0.25) is 5.91 Å². The van der Waals surface area contributed by atoms with E-state index in [0.717, 1.165) is 5.69 Å². The summed E-state index contributed by atoms with van der Waals surface area (Å²) in [5.74, 6) is 0.423. The van der Waals surface area contributed by atoms with Gasteiger partial charge in [0.15, 0.2) is 0 Å². The molecule has 22 heavy (non-hydrogen) atoms. The average Bonchev–Trinajstić information content (AvgIpc) is 2.52. The summed E-state index contributed by atoms with van der Waals surface area (Å²) in [4.78, 5) is 11.9. The lowest BCUT2D eigenvalue weighted by atomic mass is 9.77. The molecule has 0 bridgehead atoms. The van der Waals surface area contributed by atoms with Gasteiger partial charge in [0.05, 0.1) is 5.56 Å². The highest BCUT2D eigenvalue weighted by Crippen LogP contribution is 2.33. The van der Waals surface area contributed by atoms with Crippen LogP contribution in [0.4, 0.5) is 5.69 Å². The molecule has 1 saturated carbocycles. The van der Waals surface area contributed by atoms with Crippen LogP contribution in [0, 0.1) is 23.2 Å². The Morgan fingerprint density at radius 1 is 1.41 bits per heavy atom. The van der Waals surface area contributed by atoms with E-state index in [4.69, 9.17) is 11.0 Å². The Hall–Kier alpha value is -1.54. The fourth-order valence-electron chi connectivity index (χ4n) is 3.27.